The molecule has 0 saturated heterocycles. The zero-order valence-electron chi connectivity index (χ0n) is 40.7. The summed E-state index contributed by atoms with van der Waals surface area (Å²) >= 11 is 0. The molecular formula is C56H46F10N2O10. The number of benzene rings is 6. The Morgan fingerprint density at radius 3 is 1.10 bits per heavy atom. The van der Waals surface area contributed by atoms with E-state index in [0.717, 1.165) is 0 Å². The van der Waals surface area contributed by atoms with Crippen LogP contribution in [-0.2, 0) is 32.3 Å². The van der Waals surface area contributed by atoms with Crippen LogP contribution < -0.4 is 30.4 Å². The Labute approximate surface area is 438 Å². The van der Waals surface area contributed by atoms with Gasteiger partial charge in [-0.3, -0.25) is 0 Å². The van der Waals surface area contributed by atoms with Gasteiger partial charge in [-0.1, -0.05) is 36.4 Å². The second kappa shape index (κ2) is 25.8. The molecule has 0 atom stereocenters. The van der Waals surface area contributed by atoms with Crippen LogP contribution in [0.25, 0.3) is 23.3 Å². The molecule has 6 aromatic rings. The minimum absolute atomic E-state index is 0.0997. The van der Waals surface area contributed by atoms with E-state index in [9.17, 15) is 63.1 Å². The first kappa shape index (κ1) is 58.4. The van der Waals surface area contributed by atoms with Crippen molar-refractivity contribution in [2.75, 3.05) is 24.7 Å². The van der Waals surface area contributed by atoms with E-state index in [2.05, 4.69) is 0 Å². The standard InChI is InChI=1S/C56H46F10N2O10/c57-53(58,55(61,62)63)27-1-29-73-43-19-9-37(10-20-43)51(71)77-45-15-3-35(4-16-45)7-25-49(69)75-33-39-31-41(67)13-23-47(39)48-24-14-42(68)32-40(48)34-76-50(70)26-8-36-5-17-46(18-6-36)78-52(72)38-11-21-44(22-12-38)74-30-2-28-54(59,60)56(64,65)66/h3-26,31-32H,1-2,27-30,33-34,67-68H2. The van der Waals surface area contributed by atoms with Gasteiger partial charge in [-0.05, 0) is 155 Å². The molecule has 0 aliphatic rings. The van der Waals surface area contributed by atoms with Crippen LogP contribution >= 0.6 is 0 Å². The molecule has 0 amide bonds. The number of nitrogens with two attached hydrogens (primary N) is 2. The van der Waals surface area contributed by atoms with Crippen LogP contribution in [0, 0.1) is 0 Å². The number of halogens is 10. The highest BCUT2D eigenvalue weighted by molar-refractivity contribution is 5.92. The number of carbonyl (C=O) groups excluding carboxylic acids is 4. The molecule has 6 rings (SSSR count). The first-order valence-corrected chi connectivity index (χ1v) is 23.3. The molecule has 6 aromatic carbocycles. The lowest BCUT2D eigenvalue weighted by molar-refractivity contribution is -0.284. The summed E-state index contributed by atoms with van der Waals surface area (Å²) in [5.41, 5.74) is 16.5. The summed E-state index contributed by atoms with van der Waals surface area (Å²) in [5, 5.41) is 0. The SMILES string of the molecule is Nc1ccc(-c2ccc(N)cc2COC(=O)C=Cc2ccc(OC(=O)c3ccc(OCCCC(F)(F)C(F)(F)F)cc3)cc2)c(COC(=O)C=Cc2ccc(OC(=O)c3ccc(OCCCC(F)(F)C(F)(F)F)cc3)cc2)c1. The van der Waals surface area contributed by atoms with E-state index >= 15 is 0 Å². The highest BCUT2D eigenvalue weighted by Gasteiger charge is 2.57. The molecule has 0 unspecified atom stereocenters. The van der Waals surface area contributed by atoms with Crippen LogP contribution in [0.2, 0.25) is 0 Å². The highest BCUT2D eigenvalue weighted by Crippen LogP contribution is 2.40. The lowest BCUT2D eigenvalue weighted by Crippen LogP contribution is -2.36. The van der Waals surface area contributed by atoms with Gasteiger partial charge in [-0.2, -0.15) is 43.9 Å². The summed E-state index contributed by atoms with van der Waals surface area (Å²) in [6.07, 6.45) is -9.97. The highest BCUT2D eigenvalue weighted by atomic mass is 19.4. The van der Waals surface area contributed by atoms with Crippen molar-refractivity contribution < 1.29 is 91.5 Å². The molecule has 0 aliphatic carbocycles. The van der Waals surface area contributed by atoms with E-state index in [0.29, 0.717) is 44.8 Å². The Bertz CT molecular complexity index is 2880. The molecular weight excluding hydrogens is 1050 g/mol. The van der Waals surface area contributed by atoms with Gasteiger partial charge in [-0.15, -0.1) is 0 Å². The number of nitrogen functional groups attached to an aromatic ring is 2. The lowest BCUT2D eigenvalue weighted by Gasteiger charge is -2.19. The molecule has 12 nitrogen and oxygen atoms in total. The molecule has 0 radical (unpaired) electrons. The number of alkyl halides is 10. The summed E-state index contributed by atoms with van der Waals surface area (Å²) in [6.45, 7) is -1.23. The molecule has 0 fully saturated rings. The van der Waals surface area contributed by atoms with Crippen molar-refractivity contribution in [1.29, 1.82) is 0 Å². The summed E-state index contributed by atoms with van der Waals surface area (Å²) in [7, 11) is 0. The van der Waals surface area contributed by atoms with Crippen LogP contribution in [-0.4, -0.2) is 61.3 Å². The quantitative estimate of drug-likeness (QED) is 0.0155. The fraction of sp³-hybridized carbons (Fsp3) is 0.214. The molecule has 0 spiro atoms. The number of ether oxygens (including phenoxy) is 6. The van der Waals surface area contributed by atoms with E-state index in [1.165, 1.54) is 97.1 Å². The molecule has 4 N–H and O–H groups in total. The molecule has 0 heterocycles. The van der Waals surface area contributed by atoms with Crippen LogP contribution in [0.15, 0.2) is 146 Å². The van der Waals surface area contributed by atoms with Gasteiger partial charge in [0.2, 0.25) is 0 Å². The third-order valence-corrected chi connectivity index (χ3v) is 11.1. The number of rotatable bonds is 23. The van der Waals surface area contributed by atoms with Crippen molar-refractivity contribution in [2.24, 2.45) is 0 Å². The molecule has 0 bridgehead atoms. The Kier molecular flexibility index (Phi) is 19.3. The first-order chi connectivity index (χ1) is 36.9. The second-order valence-corrected chi connectivity index (χ2v) is 17.0. The maximum atomic E-state index is 13.1. The maximum absolute atomic E-state index is 13.1. The van der Waals surface area contributed by atoms with Crippen LogP contribution in [0.5, 0.6) is 23.0 Å². The minimum Gasteiger partial charge on any atom is -0.494 e. The molecule has 410 valence electrons. The third kappa shape index (κ3) is 17.1. The number of hydrogen-bond donors (Lipinski definition) is 2. The fourth-order valence-corrected chi connectivity index (χ4v) is 6.97. The molecule has 0 aromatic heterocycles. The van der Waals surface area contributed by atoms with Crippen molar-refractivity contribution in [3.05, 3.63) is 179 Å². The van der Waals surface area contributed by atoms with Gasteiger partial charge in [0, 0.05) is 36.4 Å². The number of anilines is 2. The average molecular weight is 1100 g/mol. The van der Waals surface area contributed by atoms with Gasteiger partial charge < -0.3 is 39.9 Å². The first-order valence-electron chi connectivity index (χ1n) is 23.3. The molecule has 0 aliphatic heterocycles. The Hall–Kier alpha value is -8.82. The largest absolute Gasteiger partial charge is 0.494 e. The Balaban J connectivity index is 0.956. The fourth-order valence-electron chi connectivity index (χ4n) is 6.97. The van der Waals surface area contributed by atoms with Crippen molar-refractivity contribution >= 4 is 47.4 Å². The zero-order valence-corrected chi connectivity index (χ0v) is 40.7. The second-order valence-electron chi connectivity index (χ2n) is 17.0. The topological polar surface area (TPSA) is 176 Å². The minimum atomic E-state index is -5.65. The molecule has 22 heteroatoms. The van der Waals surface area contributed by atoms with Crippen molar-refractivity contribution in [2.45, 2.75) is 63.1 Å². The van der Waals surface area contributed by atoms with Crippen LogP contribution in [0.3, 0.4) is 0 Å². The van der Waals surface area contributed by atoms with Gasteiger partial charge in [0.05, 0.1) is 24.3 Å². The average Bonchev–Trinajstić information content (AvgIpc) is 3.41. The van der Waals surface area contributed by atoms with E-state index in [4.69, 9.17) is 39.9 Å². The normalized spacial score (nSPS) is 12.1. The van der Waals surface area contributed by atoms with E-state index < -0.39 is 87.0 Å². The van der Waals surface area contributed by atoms with Gasteiger partial charge in [0.1, 0.15) is 36.2 Å². The zero-order chi connectivity index (χ0) is 56.7. The third-order valence-electron chi connectivity index (χ3n) is 11.1. The Morgan fingerprint density at radius 1 is 0.436 bits per heavy atom. The summed E-state index contributed by atoms with van der Waals surface area (Å²) < 4.78 is 159. The summed E-state index contributed by atoms with van der Waals surface area (Å²) in [5.74, 6) is -12.0. The van der Waals surface area contributed by atoms with Crippen molar-refractivity contribution in [3.8, 4) is 34.1 Å². The van der Waals surface area contributed by atoms with Gasteiger partial charge in [0.15, 0.2) is 0 Å². The predicted octanol–water partition coefficient (Wildman–Crippen LogP) is 13.2. The number of carbonyl (C=O) groups is 4. The van der Waals surface area contributed by atoms with Crippen LogP contribution in [0.1, 0.15) is 68.7 Å². The molecule has 78 heavy (non-hydrogen) atoms. The van der Waals surface area contributed by atoms with Crippen LogP contribution in [0.4, 0.5) is 55.3 Å². The predicted molar refractivity (Wildman–Crippen MR) is 266 cm³/mol. The van der Waals surface area contributed by atoms with Gasteiger partial charge in [0.25, 0.3) is 0 Å². The lowest BCUT2D eigenvalue weighted by atomic mass is 9.95. The summed E-state index contributed by atoms with van der Waals surface area (Å²) in [6, 6.07) is 32.8. The number of esters is 4. The Morgan fingerprint density at radius 2 is 0.769 bits per heavy atom. The monoisotopic (exact) mass is 1100 g/mol. The number of hydrogen-bond acceptors (Lipinski definition) is 12. The smallest absolute Gasteiger partial charge is 0.453 e. The maximum Gasteiger partial charge on any atom is 0.453 e. The van der Waals surface area contributed by atoms with Crippen molar-refractivity contribution in [3.63, 3.8) is 0 Å². The van der Waals surface area contributed by atoms with Gasteiger partial charge >= 0.3 is 48.1 Å². The van der Waals surface area contributed by atoms with E-state index in [1.807, 2.05) is 0 Å². The summed E-state index contributed by atoms with van der Waals surface area (Å²) in [4.78, 5) is 51.1. The van der Waals surface area contributed by atoms with E-state index in [-0.39, 0.29) is 47.3 Å². The van der Waals surface area contributed by atoms with Crippen molar-refractivity contribution in [1.82, 2.24) is 0 Å². The van der Waals surface area contributed by atoms with Gasteiger partial charge in [-0.25, -0.2) is 19.2 Å². The molecule has 0 saturated carbocycles. The van der Waals surface area contributed by atoms with E-state index in [1.54, 1.807) is 60.7 Å².